The number of unbranched alkanes of at least 4 members (excludes halogenated alkanes) is 9. The van der Waals surface area contributed by atoms with Gasteiger partial charge in [0, 0.05) is 6.42 Å². The van der Waals surface area contributed by atoms with E-state index in [1.807, 2.05) is 27.2 Å². The quantitative estimate of drug-likeness (QED) is 0.0245. The lowest BCUT2D eigenvalue weighted by atomic mass is 10.1. The molecule has 0 radical (unpaired) electrons. The SMILES string of the molecule is CC/C=C\C/C=C\C/C=C\C/C=C\C/C=C\C/C=C\C/C=C\C/C=C\C/C=C\CCCCCC(=O)NC(COP(=O)(O)OCC[N+](C)(C)C)C(O)/C=C/CCCCCCCC. The monoisotopic (exact) mass is 868 g/mol. The molecule has 0 aromatic heterocycles. The van der Waals surface area contributed by atoms with Gasteiger partial charge in [-0.05, 0) is 89.9 Å². The van der Waals surface area contributed by atoms with Gasteiger partial charge in [0.2, 0.25) is 5.91 Å². The standard InChI is InChI=1S/C52H87N2O6P/c1-6-8-10-12-14-16-17-18-19-20-21-22-23-24-25-26-27-28-29-30-31-32-33-34-35-36-37-38-40-42-44-46-52(56)53-50(49-60-61(57,58)59-48-47-54(3,4)5)51(55)45-43-41-39-15-13-11-9-7-2/h8,10,14,16,18-19,21-22,24-25,27-28,30-31,33-34,36-37,43,45,50-51,55H,6-7,9,11-13,15,17,20,23,26,29,32,35,38-42,44,46-49H2,1-5H3,(H-,53,56,57,58)/p+1/b10-8-,16-14-,19-18-,22-21-,25-24-,28-27-,31-30-,34-33-,37-36-,45-43+. The molecule has 1 amide bonds. The first-order valence-corrected chi connectivity index (χ1v) is 24.9. The van der Waals surface area contributed by atoms with Crippen LogP contribution < -0.4 is 5.32 Å². The lowest BCUT2D eigenvalue weighted by Crippen LogP contribution is -2.45. The molecule has 0 saturated carbocycles. The van der Waals surface area contributed by atoms with E-state index < -0.39 is 20.0 Å². The summed E-state index contributed by atoms with van der Waals surface area (Å²) in [5.74, 6) is -0.220. The van der Waals surface area contributed by atoms with Crippen molar-refractivity contribution in [3.63, 3.8) is 0 Å². The molecule has 0 saturated heterocycles. The summed E-state index contributed by atoms with van der Waals surface area (Å²) in [7, 11) is 1.52. The molecule has 0 aliphatic rings. The largest absolute Gasteiger partial charge is 0.472 e. The van der Waals surface area contributed by atoms with Crippen molar-refractivity contribution in [2.24, 2.45) is 0 Å². The number of hydrogen-bond acceptors (Lipinski definition) is 5. The van der Waals surface area contributed by atoms with E-state index in [-0.39, 0.29) is 19.1 Å². The molecular formula is C52H88N2O6P+. The fourth-order valence-electron chi connectivity index (χ4n) is 5.74. The van der Waals surface area contributed by atoms with Crippen molar-refractivity contribution in [3.8, 4) is 0 Å². The number of aliphatic hydroxyl groups is 1. The molecule has 3 N–H and O–H groups in total. The van der Waals surface area contributed by atoms with Gasteiger partial charge in [0.05, 0.1) is 39.9 Å². The topological polar surface area (TPSA) is 105 Å². The molecule has 0 aliphatic heterocycles. The number of rotatable bonds is 40. The van der Waals surface area contributed by atoms with Crippen LogP contribution in [-0.2, 0) is 18.4 Å². The molecular weight excluding hydrogens is 780 g/mol. The zero-order valence-corrected chi connectivity index (χ0v) is 40.0. The summed E-state index contributed by atoms with van der Waals surface area (Å²) >= 11 is 0. The van der Waals surface area contributed by atoms with Crippen LogP contribution in [0.3, 0.4) is 0 Å². The van der Waals surface area contributed by atoms with Crippen LogP contribution in [0, 0.1) is 0 Å². The third-order valence-electron chi connectivity index (χ3n) is 9.44. The highest BCUT2D eigenvalue weighted by atomic mass is 31.2. The number of likely N-dealkylation sites (N-methyl/N-ethyl adjacent to an activating group) is 1. The Bertz CT molecular complexity index is 1400. The highest BCUT2D eigenvalue weighted by Gasteiger charge is 2.27. The van der Waals surface area contributed by atoms with E-state index in [1.54, 1.807) is 6.08 Å². The zero-order chi connectivity index (χ0) is 45.0. The van der Waals surface area contributed by atoms with Crippen molar-refractivity contribution in [1.82, 2.24) is 5.32 Å². The molecule has 0 spiro atoms. The number of hydrogen-bond donors (Lipinski definition) is 3. The smallest absolute Gasteiger partial charge is 0.387 e. The molecule has 0 bridgehead atoms. The van der Waals surface area contributed by atoms with Gasteiger partial charge in [-0.2, -0.15) is 0 Å². The summed E-state index contributed by atoms with van der Waals surface area (Å²) in [4.78, 5) is 23.0. The number of amides is 1. The van der Waals surface area contributed by atoms with Gasteiger partial charge in [-0.1, -0.05) is 174 Å². The number of carbonyl (C=O) groups is 1. The Hall–Kier alpha value is -3.10. The number of phosphoric ester groups is 1. The average Bonchev–Trinajstić information content (AvgIpc) is 3.21. The zero-order valence-electron chi connectivity index (χ0n) is 39.1. The molecule has 3 unspecified atom stereocenters. The molecule has 0 aromatic rings. The minimum absolute atomic E-state index is 0.0470. The van der Waals surface area contributed by atoms with E-state index in [1.165, 1.54) is 25.7 Å². The second kappa shape index (κ2) is 42.2. The minimum Gasteiger partial charge on any atom is -0.387 e. The predicted molar refractivity (Wildman–Crippen MR) is 262 cm³/mol. The van der Waals surface area contributed by atoms with E-state index >= 15 is 0 Å². The number of allylic oxidation sites excluding steroid dienone is 19. The molecule has 0 aromatic carbocycles. The van der Waals surface area contributed by atoms with Gasteiger partial charge in [-0.15, -0.1) is 0 Å². The van der Waals surface area contributed by atoms with Gasteiger partial charge in [0.25, 0.3) is 0 Å². The molecule has 61 heavy (non-hydrogen) atoms. The van der Waals surface area contributed by atoms with Crippen molar-refractivity contribution >= 4 is 13.7 Å². The van der Waals surface area contributed by atoms with Crippen LogP contribution in [0.1, 0.15) is 149 Å². The van der Waals surface area contributed by atoms with E-state index in [0.717, 1.165) is 96.3 Å². The Kier molecular flexibility index (Phi) is 40.1. The minimum atomic E-state index is -4.35. The molecule has 346 valence electrons. The number of nitrogens with one attached hydrogen (secondary N) is 1. The van der Waals surface area contributed by atoms with Gasteiger partial charge in [-0.25, -0.2) is 4.57 Å². The second-order valence-electron chi connectivity index (χ2n) is 16.4. The van der Waals surface area contributed by atoms with Crippen molar-refractivity contribution in [2.45, 2.75) is 161 Å². The molecule has 0 heterocycles. The summed E-state index contributed by atoms with van der Waals surface area (Å²) < 4.78 is 23.4. The van der Waals surface area contributed by atoms with E-state index in [2.05, 4.69) is 129 Å². The van der Waals surface area contributed by atoms with Crippen molar-refractivity contribution in [2.75, 3.05) is 40.9 Å². The third kappa shape index (κ3) is 44.8. The van der Waals surface area contributed by atoms with E-state index in [9.17, 15) is 19.4 Å². The van der Waals surface area contributed by atoms with Crippen LogP contribution in [0.2, 0.25) is 0 Å². The lowest BCUT2D eigenvalue weighted by molar-refractivity contribution is -0.870. The fraction of sp³-hybridized carbons (Fsp3) is 0.596. The number of aliphatic hydroxyl groups excluding tert-OH is 1. The first kappa shape index (κ1) is 57.9. The van der Waals surface area contributed by atoms with Gasteiger partial charge < -0.3 is 19.8 Å². The summed E-state index contributed by atoms with van der Waals surface area (Å²) in [6, 6.07) is -0.871. The van der Waals surface area contributed by atoms with Gasteiger partial charge in [-0.3, -0.25) is 13.8 Å². The van der Waals surface area contributed by atoms with Crippen LogP contribution in [0.25, 0.3) is 0 Å². The summed E-state index contributed by atoms with van der Waals surface area (Å²) in [6.07, 6.45) is 62.9. The maximum atomic E-state index is 12.8. The molecule has 0 rings (SSSR count). The molecule has 9 heteroatoms. The average molecular weight is 868 g/mol. The molecule has 0 fully saturated rings. The number of nitrogens with zero attached hydrogens (tertiary/aromatic N) is 1. The maximum Gasteiger partial charge on any atom is 0.472 e. The van der Waals surface area contributed by atoms with Gasteiger partial charge in [0.15, 0.2) is 0 Å². The van der Waals surface area contributed by atoms with Crippen molar-refractivity contribution in [1.29, 1.82) is 0 Å². The summed E-state index contributed by atoms with van der Waals surface area (Å²) in [5, 5.41) is 13.7. The van der Waals surface area contributed by atoms with Crippen LogP contribution in [-0.4, -0.2) is 73.4 Å². The molecule has 3 atom stereocenters. The highest BCUT2D eigenvalue weighted by Crippen LogP contribution is 2.43. The van der Waals surface area contributed by atoms with E-state index in [4.69, 9.17) is 9.05 Å². The lowest BCUT2D eigenvalue weighted by Gasteiger charge is -2.25. The Morgan fingerprint density at radius 3 is 1.44 bits per heavy atom. The second-order valence-corrected chi connectivity index (χ2v) is 17.9. The van der Waals surface area contributed by atoms with Crippen molar-refractivity contribution < 1.29 is 32.9 Å². The fourth-order valence-corrected chi connectivity index (χ4v) is 6.47. The van der Waals surface area contributed by atoms with Gasteiger partial charge in [0.1, 0.15) is 13.2 Å². The Morgan fingerprint density at radius 2 is 0.984 bits per heavy atom. The van der Waals surface area contributed by atoms with Crippen LogP contribution in [0.4, 0.5) is 0 Å². The first-order chi connectivity index (χ1) is 29.5. The Balaban J connectivity index is 4.27. The Morgan fingerprint density at radius 1 is 0.574 bits per heavy atom. The number of carbonyl (C=O) groups excluding carboxylic acids is 1. The van der Waals surface area contributed by atoms with E-state index in [0.29, 0.717) is 23.9 Å². The highest BCUT2D eigenvalue weighted by molar-refractivity contribution is 7.47. The van der Waals surface area contributed by atoms with Crippen LogP contribution >= 0.6 is 7.82 Å². The normalized spacial score (nSPS) is 15.3. The van der Waals surface area contributed by atoms with Crippen molar-refractivity contribution in [3.05, 3.63) is 122 Å². The molecule has 8 nitrogen and oxygen atoms in total. The predicted octanol–water partition coefficient (Wildman–Crippen LogP) is 13.5. The van der Waals surface area contributed by atoms with Gasteiger partial charge >= 0.3 is 7.82 Å². The number of quaternary nitrogens is 1. The maximum absolute atomic E-state index is 12.8. The third-order valence-corrected chi connectivity index (χ3v) is 10.4. The van der Waals surface area contributed by atoms with Crippen LogP contribution in [0.5, 0.6) is 0 Å². The summed E-state index contributed by atoms with van der Waals surface area (Å²) in [5.41, 5.74) is 0. The Labute approximate surface area is 374 Å². The van der Waals surface area contributed by atoms with Crippen LogP contribution in [0.15, 0.2) is 122 Å². The molecule has 0 aliphatic carbocycles. The summed E-state index contributed by atoms with van der Waals surface area (Å²) in [6.45, 7) is 4.59. The number of phosphoric acid groups is 1. The first-order valence-electron chi connectivity index (χ1n) is 23.4.